The summed E-state index contributed by atoms with van der Waals surface area (Å²) < 4.78 is 4.14. The summed E-state index contributed by atoms with van der Waals surface area (Å²) in [6.45, 7) is 1.91. The summed E-state index contributed by atoms with van der Waals surface area (Å²) in [7, 11) is 1.30. The van der Waals surface area contributed by atoms with E-state index in [0.29, 0.717) is 5.02 Å². The topological polar surface area (TPSA) is 52.3 Å². The molecule has 0 aliphatic carbocycles. The van der Waals surface area contributed by atoms with Gasteiger partial charge in [0, 0.05) is 10.0 Å². The zero-order valence-corrected chi connectivity index (χ0v) is 10.1. The smallest absolute Gasteiger partial charge is 0.319 e. The molecule has 0 bridgehead atoms. The molecule has 0 aromatic heterocycles. The average molecular weight is 250 g/mol. The number of carbonyl (C=O) groups excluding carboxylic acids is 1. The van der Waals surface area contributed by atoms with Crippen LogP contribution in [0.15, 0.2) is 18.2 Å². The summed E-state index contributed by atoms with van der Waals surface area (Å²) in [5, 5.41) is 1.41. The van der Waals surface area contributed by atoms with Crippen LogP contribution in [-0.4, -0.2) is 19.6 Å². The van der Waals surface area contributed by atoms with Crippen molar-refractivity contribution in [1.82, 2.24) is 0 Å². The molecule has 0 spiro atoms. The van der Waals surface area contributed by atoms with Gasteiger partial charge in [-0.2, -0.15) is 0 Å². The maximum atomic E-state index is 9.83. The molecule has 0 saturated carbocycles. The molecule has 0 unspecified atom stereocenters. The lowest BCUT2D eigenvalue weighted by Gasteiger charge is -1.94. The van der Waals surface area contributed by atoms with E-state index in [4.69, 9.17) is 28.9 Å². The summed E-state index contributed by atoms with van der Waals surface area (Å²) in [4.78, 5) is 9.83. The predicted molar refractivity (Wildman–Crippen MR) is 62.3 cm³/mol. The summed E-state index contributed by atoms with van der Waals surface area (Å²) in [6.07, 6.45) is 0. The van der Waals surface area contributed by atoms with E-state index in [2.05, 4.69) is 4.74 Å². The quantitative estimate of drug-likeness (QED) is 0.778. The van der Waals surface area contributed by atoms with Gasteiger partial charge in [0.2, 0.25) is 0 Å². The first-order valence-electron chi connectivity index (χ1n) is 4.19. The second-order valence-corrected chi connectivity index (χ2v) is 3.52. The average Bonchev–Trinajstić information content (AvgIpc) is 2.23. The first kappa shape index (κ1) is 14.2. The molecule has 5 heteroatoms. The highest BCUT2D eigenvalue weighted by atomic mass is 35.5. The largest absolute Gasteiger partial charge is 0.468 e. The monoisotopic (exact) mass is 249 g/mol. The van der Waals surface area contributed by atoms with Crippen LogP contribution >= 0.6 is 23.2 Å². The zero-order chi connectivity index (χ0) is 11.8. The van der Waals surface area contributed by atoms with Crippen molar-refractivity contribution in [2.75, 3.05) is 13.7 Å². The Morgan fingerprint density at radius 3 is 2.33 bits per heavy atom. The van der Waals surface area contributed by atoms with Gasteiger partial charge in [-0.05, 0) is 24.6 Å². The molecule has 2 N–H and O–H groups in total. The molecule has 0 radical (unpaired) electrons. The lowest BCUT2D eigenvalue weighted by Crippen LogP contribution is -2.14. The number of ether oxygens (including phenoxy) is 1. The highest BCUT2D eigenvalue weighted by Gasteiger charge is 1.92. The van der Waals surface area contributed by atoms with E-state index in [1.807, 2.05) is 19.1 Å². The van der Waals surface area contributed by atoms with Crippen LogP contribution in [0.5, 0.6) is 0 Å². The van der Waals surface area contributed by atoms with Crippen LogP contribution in [0.2, 0.25) is 10.0 Å². The first-order valence-corrected chi connectivity index (χ1v) is 4.95. The van der Waals surface area contributed by atoms with Crippen LogP contribution < -0.4 is 5.73 Å². The van der Waals surface area contributed by atoms with Crippen LogP contribution in [0.4, 0.5) is 0 Å². The fraction of sp³-hybridized carbons (Fsp3) is 0.300. The van der Waals surface area contributed by atoms with Crippen molar-refractivity contribution in [3.63, 3.8) is 0 Å². The van der Waals surface area contributed by atoms with Crippen LogP contribution in [-0.2, 0) is 9.53 Å². The highest BCUT2D eigenvalue weighted by molar-refractivity contribution is 6.35. The number of esters is 1. The number of halogens is 2. The molecule has 0 aliphatic heterocycles. The van der Waals surface area contributed by atoms with Crippen molar-refractivity contribution >= 4 is 29.2 Å². The minimum Gasteiger partial charge on any atom is -0.468 e. The Morgan fingerprint density at radius 2 is 2.07 bits per heavy atom. The van der Waals surface area contributed by atoms with Gasteiger partial charge in [0.25, 0.3) is 0 Å². The molecule has 0 aliphatic rings. The van der Waals surface area contributed by atoms with Crippen LogP contribution in [0.3, 0.4) is 0 Å². The Balaban J connectivity index is 0.000000288. The van der Waals surface area contributed by atoms with E-state index in [1.165, 1.54) is 7.11 Å². The minimum atomic E-state index is -0.380. The second-order valence-electron chi connectivity index (χ2n) is 2.67. The summed E-state index contributed by atoms with van der Waals surface area (Å²) >= 11 is 11.4. The number of methoxy groups -OCH3 is 1. The van der Waals surface area contributed by atoms with Crippen molar-refractivity contribution in [2.24, 2.45) is 5.73 Å². The van der Waals surface area contributed by atoms with E-state index < -0.39 is 0 Å². The number of nitrogens with two attached hydrogens (primary N) is 1. The zero-order valence-electron chi connectivity index (χ0n) is 8.59. The standard InChI is InChI=1S/C7H6Cl2.C3H7NO2/c1-5-2-3-6(8)4-7(5)9;1-6-3(5)2-4/h2-4H,1H3;2,4H2,1H3. The van der Waals surface area contributed by atoms with Gasteiger partial charge in [-0.15, -0.1) is 0 Å². The Morgan fingerprint density at radius 1 is 1.47 bits per heavy atom. The van der Waals surface area contributed by atoms with Gasteiger partial charge in [-0.3, -0.25) is 4.79 Å². The molecule has 3 nitrogen and oxygen atoms in total. The number of hydrogen-bond donors (Lipinski definition) is 1. The third-order valence-electron chi connectivity index (χ3n) is 1.53. The minimum absolute atomic E-state index is 0.0312. The number of carbonyl (C=O) groups is 1. The number of benzene rings is 1. The summed E-state index contributed by atoms with van der Waals surface area (Å²) in [5.41, 5.74) is 5.86. The maximum absolute atomic E-state index is 9.83. The van der Waals surface area contributed by atoms with Gasteiger partial charge in [-0.25, -0.2) is 0 Å². The fourth-order valence-electron chi connectivity index (χ4n) is 0.651. The molecule has 1 aromatic carbocycles. The van der Waals surface area contributed by atoms with Gasteiger partial charge in [0.05, 0.1) is 13.7 Å². The fourth-order valence-corrected chi connectivity index (χ4v) is 1.06. The molecule has 0 amide bonds. The van der Waals surface area contributed by atoms with Crippen molar-refractivity contribution in [3.8, 4) is 0 Å². The second kappa shape index (κ2) is 7.51. The molecular formula is C10H13Cl2NO2. The molecule has 15 heavy (non-hydrogen) atoms. The Kier molecular flexibility index (Phi) is 7.13. The van der Waals surface area contributed by atoms with Crippen molar-refractivity contribution in [1.29, 1.82) is 0 Å². The van der Waals surface area contributed by atoms with Crippen LogP contribution in [0.1, 0.15) is 5.56 Å². The van der Waals surface area contributed by atoms with Gasteiger partial charge >= 0.3 is 5.97 Å². The van der Waals surface area contributed by atoms with Crippen molar-refractivity contribution < 1.29 is 9.53 Å². The molecular weight excluding hydrogens is 237 g/mol. The normalized spacial score (nSPS) is 8.87. The van der Waals surface area contributed by atoms with Crippen LogP contribution in [0.25, 0.3) is 0 Å². The summed E-state index contributed by atoms with van der Waals surface area (Å²) in [5.74, 6) is -0.380. The van der Waals surface area contributed by atoms with Gasteiger partial charge < -0.3 is 10.5 Å². The SMILES string of the molecule is COC(=O)CN.Cc1ccc(Cl)cc1Cl. The van der Waals surface area contributed by atoms with Gasteiger partial charge in [-0.1, -0.05) is 29.3 Å². The molecule has 0 atom stereocenters. The maximum Gasteiger partial charge on any atom is 0.319 e. The third kappa shape index (κ3) is 6.33. The Bertz CT molecular complexity index is 323. The molecule has 0 saturated heterocycles. The first-order chi connectivity index (χ1) is 7.01. The summed E-state index contributed by atoms with van der Waals surface area (Å²) in [6, 6.07) is 5.45. The molecule has 0 heterocycles. The van der Waals surface area contributed by atoms with Crippen molar-refractivity contribution in [2.45, 2.75) is 6.92 Å². The lowest BCUT2D eigenvalue weighted by molar-refractivity contribution is -0.138. The molecule has 84 valence electrons. The number of aryl methyl sites for hydroxylation is 1. The predicted octanol–water partition coefficient (Wildman–Crippen LogP) is 2.42. The van der Waals surface area contributed by atoms with Crippen LogP contribution in [0, 0.1) is 6.92 Å². The van der Waals surface area contributed by atoms with Gasteiger partial charge in [0.1, 0.15) is 0 Å². The van der Waals surface area contributed by atoms with Gasteiger partial charge in [0.15, 0.2) is 0 Å². The van der Waals surface area contributed by atoms with E-state index in [-0.39, 0.29) is 12.5 Å². The molecule has 1 aromatic rings. The number of hydrogen-bond acceptors (Lipinski definition) is 3. The number of rotatable bonds is 1. The van der Waals surface area contributed by atoms with E-state index in [0.717, 1.165) is 10.6 Å². The molecule has 0 fully saturated rings. The molecule has 1 rings (SSSR count). The third-order valence-corrected chi connectivity index (χ3v) is 2.17. The van der Waals surface area contributed by atoms with E-state index in [9.17, 15) is 4.79 Å². The van der Waals surface area contributed by atoms with Crippen molar-refractivity contribution in [3.05, 3.63) is 33.8 Å². The Labute approximate surface area is 99.1 Å². The van der Waals surface area contributed by atoms with E-state index >= 15 is 0 Å². The lowest BCUT2D eigenvalue weighted by atomic mass is 10.2. The van der Waals surface area contributed by atoms with E-state index in [1.54, 1.807) is 6.07 Å². The Hall–Kier alpha value is -0.770. The highest BCUT2D eigenvalue weighted by Crippen LogP contribution is 2.19.